The van der Waals surface area contributed by atoms with Gasteiger partial charge in [0, 0.05) is 12.6 Å². The van der Waals surface area contributed by atoms with Crippen molar-refractivity contribution in [2.45, 2.75) is 57.5 Å². The molecule has 0 unspecified atom stereocenters. The third-order valence-corrected chi connectivity index (χ3v) is 5.62. The van der Waals surface area contributed by atoms with Gasteiger partial charge in [0.15, 0.2) is 17.3 Å². The van der Waals surface area contributed by atoms with Crippen molar-refractivity contribution < 1.29 is 0 Å². The van der Waals surface area contributed by atoms with Crippen molar-refractivity contribution >= 4 is 11.6 Å². The molecule has 2 aliphatic carbocycles. The minimum absolute atomic E-state index is 0.188. The van der Waals surface area contributed by atoms with E-state index < -0.39 is 0 Å². The molecule has 0 amide bonds. The van der Waals surface area contributed by atoms with E-state index in [4.69, 9.17) is 16.9 Å². The fourth-order valence-corrected chi connectivity index (χ4v) is 3.86. The van der Waals surface area contributed by atoms with Gasteiger partial charge in [-0.1, -0.05) is 30.9 Å². The molecule has 4 rings (SSSR count). The molecule has 2 aliphatic rings. The Balaban J connectivity index is 1.57. The minimum Gasteiger partial charge on any atom is -0.293 e. The molecule has 2 aromatic rings. The van der Waals surface area contributed by atoms with Gasteiger partial charge >= 0.3 is 0 Å². The zero-order valence-electron chi connectivity index (χ0n) is 14.7. The number of pyridine rings is 1. The van der Waals surface area contributed by atoms with Crippen LogP contribution in [0.1, 0.15) is 56.5 Å². The van der Waals surface area contributed by atoms with E-state index in [1.54, 1.807) is 16.8 Å². The molecule has 2 fully saturated rings. The van der Waals surface area contributed by atoms with E-state index in [-0.39, 0.29) is 5.69 Å². The summed E-state index contributed by atoms with van der Waals surface area (Å²) >= 11 is 5.99. The summed E-state index contributed by atoms with van der Waals surface area (Å²) in [4.78, 5) is 6.85. The number of tetrazole rings is 1. The van der Waals surface area contributed by atoms with E-state index in [1.165, 1.54) is 44.9 Å². The van der Waals surface area contributed by atoms with Crippen LogP contribution in [-0.4, -0.2) is 42.7 Å². The average Bonchev–Trinajstić information content (AvgIpc) is 3.38. The number of nitrogens with zero attached hydrogens (tertiary/aromatic N) is 7. The summed E-state index contributed by atoms with van der Waals surface area (Å²) in [5, 5.41) is 21.7. The standard InChI is InChI=1S/C18H22ClN7/c19-15-8-9-17(21-16(15)10-20)26-18(22-23-24-26)12-25(11-13-6-7-13)14-4-2-1-3-5-14/h8-9,13-14H,1-7,11-12H2. The number of aromatic nitrogens is 5. The van der Waals surface area contributed by atoms with Gasteiger partial charge in [-0.2, -0.15) is 9.94 Å². The Bertz CT molecular complexity index is 802. The fourth-order valence-electron chi connectivity index (χ4n) is 3.71. The van der Waals surface area contributed by atoms with Crippen LogP contribution in [0.4, 0.5) is 0 Å². The highest BCUT2D eigenvalue weighted by molar-refractivity contribution is 6.31. The van der Waals surface area contributed by atoms with Crippen molar-refractivity contribution in [3.8, 4) is 11.9 Å². The molecule has 0 spiro atoms. The summed E-state index contributed by atoms with van der Waals surface area (Å²) in [6.07, 6.45) is 9.13. The Kier molecular flexibility index (Phi) is 5.14. The van der Waals surface area contributed by atoms with Crippen molar-refractivity contribution in [3.63, 3.8) is 0 Å². The van der Waals surface area contributed by atoms with Gasteiger partial charge in [0.05, 0.1) is 11.6 Å². The lowest BCUT2D eigenvalue weighted by Crippen LogP contribution is -2.38. The Morgan fingerprint density at radius 3 is 2.73 bits per heavy atom. The molecule has 26 heavy (non-hydrogen) atoms. The van der Waals surface area contributed by atoms with Crippen LogP contribution in [0.25, 0.3) is 5.82 Å². The molecule has 0 aliphatic heterocycles. The van der Waals surface area contributed by atoms with Crippen LogP contribution in [0.2, 0.25) is 5.02 Å². The molecule has 136 valence electrons. The molecular weight excluding hydrogens is 350 g/mol. The molecular formula is C18H22ClN7. The fraction of sp³-hybridized carbons (Fsp3) is 0.611. The van der Waals surface area contributed by atoms with Crippen LogP contribution in [-0.2, 0) is 6.54 Å². The predicted octanol–water partition coefficient (Wildman–Crippen LogP) is 3.13. The quantitative estimate of drug-likeness (QED) is 0.775. The first-order valence-electron chi connectivity index (χ1n) is 9.33. The molecule has 0 aromatic carbocycles. The maximum absolute atomic E-state index is 9.17. The van der Waals surface area contributed by atoms with Gasteiger partial charge in [-0.15, -0.1) is 5.10 Å². The first-order chi connectivity index (χ1) is 12.7. The van der Waals surface area contributed by atoms with E-state index in [2.05, 4.69) is 25.4 Å². The third-order valence-electron chi connectivity index (χ3n) is 5.31. The van der Waals surface area contributed by atoms with Gasteiger partial charge in [0.1, 0.15) is 6.07 Å². The van der Waals surface area contributed by atoms with Crippen LogP contribution < -0.4 is 0 Å². The Morgan fingerprint density at radius 2 is 2.00 bits per heavy atom. The van der Waals surface area contributed by atoms with Gasteiger partial charge in [0.2, 0.25) is 0 Å². The average molecular weight is 372 g/mol. The number of halogens is 1. The molecule has 7 nitrogen and oxygen atoms in total. The van der Waals surface area contributed by atoms with Crippen molar-refractivity contribution in [2.24, 2.45) is 5.92 Å². The maximum Gasteiger partial charge on any atom is 0.172 e. The number of nitriles is 1. The van der Waals surface area contributed by atoms with Gasteiger partial charge in [-0.05, 0) is 54.2 Å². The number of rotatable bonds is 6. The summed E-state index contributed by atoms with van der Waals surface area (Å²) in [5.74, 6) is 2.11. The molecule has 0 atom stereocenters. The molecule has 2 aromatic heterocycles. The second kappa shape index (κ2) is 7.68. The molecule has 0 bridgehead atoms. The van der Waals surface area contributed by atoms with Gasteiger partial charge in [0.25, 0.3) is 0 Å². The van der Waals surface area contributed by atoms with E-state index in [0.717, 1.165) is 18.3 Å². The summed E-state index contributed by atoms with van der Waals surface area (Å²) in [6.45, 7) is 1.83. The Labute approximate surface area is 158 Å². The molecule has 0 saturated heterocycles. The monoisotopic (exact) mass is 371 g/mol. The molecule has 0 radical (unpaired) electrons. The van der Waals surface area contributed by atoms with Crippen LogP contribution in [0.3, 0.4) is 0 Å². The van der Waals surface area contributed by atoms with Crippen LogP contribution >= 0.6 is 11.6 Å². The predicted molar refractivity (Wildman–Crippen MR) is 96.7 cm³/mol. The topological polar surface area (TPSA) is 83.5 Å². The molecule has 2 heterocycles. The van der Waals surface area contributed by atoms with E-state index in [0.29, 0.717) is 23.4 Å². The number of hydrogen-bond acceptors (Lipinski definition) is 6. The van der Waals surface area contributed by atoms with Crippen LogP contribution in [0.15, 0.2) is 12.1 Å². The van der Waals surface area contributed by atoms with Crippen molar-refractivity contribution in [2.75, 3.05) is 6.54 Å². The van der Waals surface area contributed by atoms with E-state index in [9.17, 15) is 0 Å². The lowest BCUT2D eigenvalue weighted by atomic mass is 9.94. The first kappa shape index (κ1) is 17.4. The van der Waals surface area contributed by atoms with Crippen LogP contribution in [0, 0.1) is 17.2 Å². The van der Waals surface area contributed by atoms with Gasteiger partial charge < -0.3 is 0 Å². The molecule has 0 N–H and O–H groups in total. The second-order valence-electron chi connectivity index (χ2n) is 7.28. The summed E-state index contributed by atoms with van der Waals surface area (Å²) in [7, 11) is 0. The van der Waals surface area contributed by atoms with Crippen molar-refractivity contribution in [1.82, 2.24) is 30.1 Å². The van der Waals surface area contributed by atoms with Gasteiger partial charge in [-0.25, -0.2) is 4.98 Å². The Hall–Kier alpha value is -2.04. The van der Waals surface area contributed by atoms with Crippen LogP contribution in [0.5, 0.6) is 0 Å². The van der Waals surface area contributed by atoms with Crippen molar-refractivity contribution in [3.05, 3.63) is 28.7 Å². The van der Waals surface area contributed by atoms with E-state index >= 15 is 0 Å². The number of hydrogen-bond donors (Lipinski definition) is 0. The highest BCUT2D eigenvalue weighted by atomic mass is 35.5. The summed E-state index contributed by atoms with van der Waals surface area (Å²) in [5.41, 5.74) is 0.188. The molecule has 2 saturated carbocycles. The Morgan fingerprint density at radius 1 is 1.19 bits per heavy atom. The first-order valence-corrected chi connectivity index (χ1v) is 9.70. The third kappa shape index (κ3) is 3.87. The van der Waals surface area contributed by atoms with E-state index in [1.807, 2.05) is 6.07 Å². The molecule has 8 heteroatoms. The summed E-state index contributed by atoms with van der Waals surface area (Å²) < 4.78 is 1.62. The highest BCUT2D eigenvalue weighted by Gasteiger charge is 2.30. The maximum atomic E-state index is 9.17. The van der Waals surface area contributed by atoms with Gasteiger partial charge in [-0.3, -0.25) is 4.90 Å². The highest BCUT2D eigenvalue weighted by Crippen LogP contribution is 2.33. The van der Waals surface area contributed by atoms with Crippen molar-refractivity contribution in [1.29, 1.82) is 5.26 Å². The lowest BCUT2D eigenvalue weighted by molar-refractivity contribution is 0.137. The second-order valence-corrected chi connectivity index (χ2v) is 7.69. The smallest absolute Gasteiger partial charge is 0.172 e. The normalized spacial score (nSPS) is 18.2. The zero-order chi connectivity index (χ0) is 17.9. The SMILES string of the molecule is N#Cc1nc(-n2nnnc2CN(CC2CC2)C2CCCCC2)ccc1Cl. The minimum atomic E-state index is 0.188. The largest absolute Gasteiger partial charge is 0.293 e. The zero-order valence-corrected chi connectivity index (χ0v) is 15.4. The lowest BCUT2D eigenvalue weighted by Gasteiger charge is -2.34. The summed E-state index contributed by atoms with van der Waals surface area (Å²) in [6, 6.07) is 6.03.